The third kappa shape index (κ3) is 8.21. The first kappa shape index (κ1) is 31.9. The number of nitro benzene ring substituents is 2. The number of nitrogens with one attached hydrogen (secondary N) is 2. The van der Waals surface area contributed by atoms with E-state index < -0.39 is 21.7 Å². The van der Waals surface area contributed by atoms with Crippen LogP contribution in [0.4, 0.5) is 22.7 Å². The lowest BCUT2D eigenvalue weighted by atomic mass is 10.2. The number of carbonyl (C=O) groups is 2. The van der Waals surface area contributed by atoms with E-state index in [1.807, 2.05) is 0 Å². The molecule has 0 radical (unpaired) electrons. The summed E-state index contributed by atoms with van der Waals surface area (Å²) in [5, 5.41) is 46.0. The third-order valence-corrected chi connectivity index (χ3v) is 6.33. The average molecular weight is 654 g/mol. The zero-order valence-corrected chi connectivity index (χ0v) is 23.7. The molecule has 42 heavy (non-hydrogen) atoms. The molecular formula is C26H16Cl4N4O8. The van der Waals surface area contributed by atoms with Crippen LogP contribution < -0.4 is 10.6 Å². The van der Waals surface area contributed by atoms with Crippen molar-refractivity contribution in [2.45, 2.75) is 0 Å². The number of hydrogen-bond donors (Lipinski definition) is 4. The molecule has 0 saturated carbocycles. The highest BCUT2D eigenvalue weighted by molar-refractivity contribution is 6.35. The lowest BCUT2D eigenvalue weighted by Crippen LogP contribution is -2.12. The Balaban J connectivity index is 0.000000230. The number of phenolic OH excluding ortho intramolecular Hbond substituents is 2. The molecule has 0 bridgehead atoms. The number of anilines is 2. The second-order valence-electron chi connectivity index (χ2n) is 8.07. The summed E-state index contributed by atoms with van der Waals surface area (Å²) in [6.07, 6.45) is 0. The van der Waals surface area contributed by atoms with Gasteiger partial charge in [0.15, 0.2) is 0 Å². The van der Waals surface area contributed by atoms with Crippen LogP contribution in [0.1, 0.15) is 20.7 Å². The Labute approximate surface area is 256 Å². The van der Waals surface area contributed by atoms with E-state index in [2.05, 4.69) is 10.6 Å². The Morgan fingerprint density at radius 1 is 0.595 bits per heavy atom. The van der Waals surface area contributed by atoms with Crippen molar-refractivity contribution in [3.05, 3.63) is 124 Å². The quantitative estimate of drug-likeness (QED) is 0.120. The molecule has 2 amide bonds. The van der Waals surface area contributed by atoms with Gasteiger partial charge in [-0.2, -0.15) is 0 Å². The summed E-state index contributed by atoms with van der Waals surface area (Å²) >= 11 is 23.3. The van der Waals surface area contributed by atoms with Crippen LogP contribution in [0.5, 0.6) is 11.5 Å². The predicted octanol–water partition coefficient (Wildman–Crippen LogP) is 7.72. The predicted molar refractivity (Wildman–Crippen MR) is 158 cm³/mol. The summed E-state index contributed by atoms with van der Waals surface area (Å²) in [7, 11) is 0. The highest BCUT2D eigenvalue weighted by Gasteiger charge is 2.17. The molecule has 0 spiro atoms. The first-order valence-corrected chi connectivity index (χ1v) is 12.8. The van der Waals surface area contributed by atoms with Crippen LogP contribution in [0.3, 0.4) is 0 Å². The average Bonchev–Trinajstić information content (AvgIpc) is 2.93. The minimum Gasteiger partial charge on any atom is -0.507 e. The minimum atomic E-state index is -0.634. The number of nitrogens with zero attached hydrogens (tertiary/aromatic N) is 2. The molecular weight excluding hydrogens is 638 g/mol. The number of phenols is 2. The lowest BCUT2D eigenvalue weighted by molar-refractivity contribution is -0.385. The van der Waals surface area contributed by atoms with Gasteiger partial charge in [0.05, 0.1) is 42.4 Å². The number of non-ortho nitro benzene ring substituents is 2. The zero-order chi connectivity index (χ0) is 31.1. The van der Waals surface area contributed by atoms with Crippen LogP contribution in [-0.2, 0) is 0 Å². The smallest absolute Gasteiger partial charge is 0.271 e. The number of carbonyl (C=O) groups excluding carboxylic acids is 2. The first-order chi connectivity index (χ1) is 19.8. The number of aromatic hydroxyl groups is 2. The van der Waals surface area contributed by atoms with Crippen molar-refractivity contribution >= 4 is 81.0 Å². The van der Waals surface area contributed by atoms with E-state index in [0.717, 1.165) is 12.1 Å². The zero-order valence-electron chi connectivity index (χ0n) is 20.7. The van der Waals surface area contributed by atoms with E-state index in [0.29, 0.717) is 0 Å². The van der Waals surface area contributed by atoms with Crippen LogP contribution in [0.15, 0.2) is 72.8 Å². The molecule has 4 aromatic rings. The normalized spacial score (nSPS) is 10.2. The summed E-state index contributed by atoms with van der Waals surface area (Å²) in [6, 6.07) is 15.3. The van der Waals surface area contributed by atoms with E-state index in [1.165, 1.54) is 60.7 Å². The standard InChI is InChI=1S/2C13H8Cl2N2O4/c2*14-7-1-4-12(18)9(5-7)13(19)16-11-3-2-8(17(20)21)6-10(11)15/h2*1-6,18H,(H,16,19). The van der Waals surface area contributed by atoms with E-state index in [9.17, 15) is 40.0 Å². The SMILES string of the molecule is O=C(Nc1ccc([N+](=O)[O-])cc1Cl)c1cc(Cl)ccc1O.O=C(Nc1ccc([N+](=O)[O-])cc1Cl)c1cc(Cl)ccc1O. The highest BCUT2D eigenvalue weighted by Crippen LogP contribution is 2.30. The molecule has 16 heteroatoms. The van der Waals surface area contributed by atoms with Crippen LogP contribution in [0.2, 0.25) is 20.1 Å². The monoisotopic (exact) mass is 652 g/mol. The van der Waals surface area contributed by atoms with Crippen molar-refractivity contribution < 1.29 is 29.6 Å². The van der Waals surface area contributed by atoms with Gasteiger partial charge in [-0.15, -0.1) is 0 Å². The van der Waals surface area contributed by atoms with Gasteiger partial charge in [-0.3, -0.25) is 29.8 Å². The molecule has 0 atom stereocenters. The summed E-state index contributed by atoms with van der Waals surface area (Å²) in [5.74, 6) is -1.75. The minimum absolute atomic E-state index is 0.0130. The Bertz CT molecular complexity index is 1590. The van der Waals surface area contributed by atoms with Gasteiger partial charge in [-0.25, -0.2) is 0 Å². The summed E-state index contributed by atoms with van der Waals surface area (Å²) < 4.78 is 0. The van der Waals surface area contributed by atoms with Crippen LogP contribution in [-0.4, -0.2) is 31.9 Å². The van der Waals surface area contributed by atoms with Crippen LogP contribution in [0, 0.1) is 20.2 Å². The third-order valence-electron chi connectivity index (χ3n) is 5.23. The number of nitro groups is 2. The molecule has 0 heterocycles. The van der Waals surface area contributed by atoms with Gasteiger partial charge in [-0.05, 0) is 48.5 Å². The molecule has 0 aliphatic rings. The molecule has 4 aromatic carbocycles. The fraction of sp³-hybridized carbons (Fsp3) is 0. The summed E-state index contributed by atoms with van der Waals surface area (Å²) in [5.41, 5.74) is -0.0701. The van der Waals surface area contributed by atoms with Crippen molar-refractivity contribution in [2.75, 3.05) is 10.6 Å². The number of benzene rings is 4. The first-order valence-electron chi connectivity index (χ1n) is 11.2. The van der Waals surface area contributed by atoms with Crippen LogP contribution in [0.25, 0.3) is 0 Å². The van der Waals surface area contributed by atoms with Crippen molar-refractivity contribution in [1.82, 2.24) is 0 Å². The Hall–Kier alpha value is -4.62. The fourth-order valence-electron chi connectivity index (χ4n) is 3.20. The maximum Gasteiger partial charge on any atom is 0.271 e. The number of rotatable bonds is 6. The molecule has 12 nitrogen and oxygen atoms in total. The molecule has 4 rings (SSSR count). The second kappa shape index (κ2) is 13.8. The Kier molecular flexibility index (Phi) is 10.5. The van der Waals surface area contributed by atoms with Crippen molar-refractivity contribution in [3.63, 3.8) is 0 Å². The topological polar surface area (TPSA) is 185 Å². The fourth-order valence-corrected chi connectivity index (χ4v) is 3.99. The van der Waals surface area contributed by atoms with Gasteiger partial charge in [0.2, 0.25) is 0 Å². The molecule has 0 aliphatic heterocycles. The molecule has 0 unspecified atom stereocenters. The summed E-state index contributed by atoms with van der Waals surface area (Å²) in [4.78, 5) is 44.1. The van der Waals surface area contributed by atoms with Gasteiger partial charge in [-0.1, -0.05) is 46.4 Å². The number of hydrogen-bond acceptors (Lipinski definition) is 8. The van der Waals surface area contributed by atoms with Gasteiger partial charge < -0.3 is 20.8 Å². The van der Waals surface area contributed by atoms with Crippen molar-refractivity contribution in [3.8, 4) is 11.5 Å². The number of halogens is 4. The van der Waals surface area contributed by atoms with Crippen molar-refractivity contribution in [2.24, 2.45) is 0 Å². The van der Waals surface area contributed by atoms with Gasteiger partial charge in [0, 0.05) is 34.3 Å². The summed E-state index contributed by atoms with van der Waals surface area (Å²) in [6.45, 7) is 0. The maximum atomic E-state index is 12.0. The second-order valence-corrected chi connectivity index (χ2v) is 9.76. The number of amides is 2. The van der Waals surface area contributed by atoms with Gasteiger partial charge >= 0.3 is 0 Å². The molecule has 4 N–H and O–H groups in total. The van der Waals surface area contributed by atoms with E-state index in [4.69, 9.17) is 46.4 Å². The van der Waals surface area contributed by atoms with Crippen LogP contribution >= 0.6 is 46.4 Å². The van der Waals surface area contributed by atoms with E-state index in [-0.39, 0.29) is 65.5 Å². The molecule has 0 fully saturated rings. The molecule has 0 aromatic heterocycles. The van der Waals surface area contributed by atoms with Gasteiger partial charge in [0.25, 0.3) is 23.2 Å². The maximum absolute atomic E-state index is 12.0. The largest absolute Gasteiger partial charge is 0.507 e. The molecule has 0 aliphatic carbocycles. The van der Waals surface area contributed by atoms with Gasteiger partial charge in [0.1, 0.15) is 11.5 Å². The van der Waals surface area contributed by atoms with E-state index in [1.54, 1.807) is 0 Å². The Morgan fingerprint density at radius 3 is 1.26 bits per heavy atom. The van der Waals surface area contributed by atoms with Crippen molar-refractivity contribution in [1.29, 1.82) is 0 Å². The van der Waals surface area contributed by atoms with E-state index >= 15 is 0 Å². The highest BCUT2D eigenvalue weighted by atomic mass is 35.5. The molecule has 216 valence electrons. The molecule has 0 saturated heterocycles. The Morgan fingerprint density at radius 2 is 0.952 bits per heavy atom. The lowest BCUT2D eigenvalue weighted by Gasteiger charge is -2.08.